The Labute approximate surface area is 162 Å². The second-order valence-electron chi connectivity index (χ2n) is 4.83. The van der Waals surface area contributed by atoms with E-state index in [0.717, 1.165) is 11.3 Å². The van der Waals surface area contributed by atoms with Gasteiger partial charge in [-0.15, -0.1) is 34.7 Å². The molecule has 1 saturated heterocycles. The number of thiazole rings is 1. The summed E-state index contributed by atoms with van der Waals surface area (Å²) in [5.41, 5.74) is -1.53. The van der Waals surface area contributed by atoms with Crippen molar-refractivity contribution in [3.05, 3.63) is 11.1 Å². The summed E-state index contributed by atoms with van der Waals surface area (Å²) < 4.78 is 5.25. The Hall–Kier alpha value is -1.89. The highest BCUT2D eigenvalue weighted by Gasteiger charge is 2.57. The fourth-order valence-corrected chi connectivity index (χ4v) is 3.68. The number of thioether (sulfide) groups is 1. The van der Waals surface area contributed by atoms with Crippen molar-refractivity contribution in [2.75, 3.05) is 31.7 Å². The van der Waals surface area contributed by atoms with E-state index in [1.54, 1.807) is 6.26 Å². The number of hydrogen-bond donors (Lipinski definition) is 3. The highest BCUT2D eigenvalue weighted by atomic mass is 35.5. The van der Waals surface area contributed by atoms with E-state index >= 15 is 0 Å². The Morgan fingerprint density at radius 2 is 2.27 bits per heavy atom. The first-order chi connectivity index (χ1) is 12.4. The van der Waals surface area contributed by atoms with E-state index in [-0.39, 0.29) is 22.4 Å². The van der Waals surface area contributed by atoms with Crippen LogP contribution < -0.4 is 16.0 Å². The van der Waals surface area contributed by atoms with Crippen molar-refractivity contribution in [2.45, 2.75) is 11.1 Å². The molecular formula is C13H16ClN5O5S2. The molecule has 1 aliphatic rings. The van der Waals surface area contributed by atoms with Gasteiger partial charge in [-0.2, -0.15) is 0 Å². The van der Waals surface area contributed by atoms with Crippen molar-refractivity contribution < 1.29 is 24.0 Å². The van der Waals surface area contributed by atoms with Crippen LogP contribution in [0.25, 0.3) is 0 Å². The smallest absolute Gasteiger partial charge is 0.278 e. The van der Waals surface area contributed by atoms with Gasteiger partial charge in [-0.3, -0.25) is 14.4 Å². The second-order valence-corrected chi connectivity index (χ2v) is 6.89. The van der Waals surface area contributed by atoms with Gasteiger partial charge in [-0.05, 0) is 6.26 Å². The maximum Gasteiger partial charge on any atom is 0.278 e. The normalized spacial score (nSPS) is 22.2. The molecule has 3 amide bonds. The minimum atomic E-state index is -1.52. The van der Waals surface area contributed by atoms with Crippen LogP contribution in [0.5, 0.6) is 0 Å². The zero-order valence-corrected chi connectivity index (χ0v) is 16.4. The number of oxime groups is 1. The molecule has 0 radical (unpaired) electrons. The fraction of sp³-hybridized carbons (Fsp3) is 0.462. The van der Waals surface area contributed by atoms with Gasteiger partial charge in [0.05, 0.1) is 0 Å². The molecule has 0 unspecified atom stereocenters. The van der Waals surface area contributed by atoms with Gasteiger partial charge >= 0.3 is 0 Å². The first-order valence-electron chi connectivity index (χ1n) is 7.06. The molecule has 1 aromatic heterocycles. The van der Waals surface area contributed by atoms with Crippen molar-refractivity contribution in [3.63, 3.8) is 0 Å². The lowest BCUT2D eigenvalue weighted by Crippen LogP contribution is -2.79. The van der Waals surface area contributed by atoms with Crippen LogP contribution in [0, 0.1) is 0 Å². The molecule has 10 nitrogen and oxygen atoms in total. The summed E-state index contributed by atoms with van der Waals surface area (Å²) in [5, 5.41) is 12.6. The lowest BCUT2D eigenvalue weighted by molar-refractivity contribution is -0.168. The Morgan fingerprint density at radius 1 is 1.54 bits per heavy atom. The number of amides is 3. The van der Waals surface area contributed by atoms with Gasteiger partial charge in [0.15, 0.2) is 10.8 Å². The molecule has 0 aliphatic carbocycles. The summed E-state index contributed by atoms with van der Waals surface area (Å²) in [7, 11) is 2.58. The van der Waals surface area contributed by atoms with Crippen LogP contribution in [-0.2, 0) is 24.0 Å². The van der Waals surface area contributed by atoms with Gasteiger partial charge in [0.25, 0.3) is 17.5 Å². The van der Waals surface area contributed by atoms with E-state index in [4.69, 9.17) is 21.2 Å². The SMILES string of the molecule is CO/N=C(\C(=O)N[C@]1(OC)C(=O)N[C@@H]1SC)c1csc(NC(=O)CCl)n1. The van der Waals surface area contributed by atoms with Crippen molar-refractivity contribution in [2.24, 2.45) is 5.16 Å². The van der Waals surface area contributed by atoms with Gasteiger partial charge in [0.2, 0.25) is 5.91 Å². The molecule has 0 aromatic carbocycles. The molecule has 142 valence electrons. The monoisotopic (exact) mass is 421 g/mol. The van der Waals surface area contributed by atoms with E-state index in [9.17, 15) is 14.4 Å². The zero-order valence-electron chi connectivity index (χ0n) is 14.0. The first kappa shape index (κ1) is 20.4. The fourth-order valence-electron chi connectivity index (χ4n) is 2.08. The average molecular weight is 422 g/mol. The van der Waals surface area contributed by atoms with Crippen molar-refractivity contribution in [1.82, 2.24) is 15.6 Å². The highest BCUT2D eigenvalue weighted by Crippen LogP contribution is 2.29. The van der Waals surface area contributed by atoms with Crippen LogP contribution in [0.4, 0.5) is 5.13 Å². The summed E-state index contributed by atoms with van der Waals surface area (Å²) in [6, 6.07) is 0. The van der Waals surface area contributed by atoms with Gasteiger partial charge in [0, 0.05) is 12.5 Å². The Morgan fingerprint density at radius 3 is 2.81 bits per heavy atom. The molecule has 1 fully saturated rings. The molecule has 1 aromatic rings. The number of carbonyl (C=O) groups is 3. The summed E-state index contributed by atoms with van der Waals surface area (Å²) in [4.78, 5) is 44.8. The molecule has 2 atom stereocenters. The van der Waals surface area contributed by atoms with Crippen LogP contribution in [0.15, 0.2) is 10.5 Å². The van der Waals surface area contributed by atoms with Crippen molar-refractivity contribution >= 4 is 63.3 Å². The number of rotatable bonds is 8. The molecule has 1 aliphatic heterocycles. The summed E-state index contributed by atoms with van der Waals surface area (Å²) in [6.07, 6.45) is 1.76. The number of ether oxygens (including phenoxy) is 1. The van der Waals surface area contributed by atoms with Crippen LogP contribution in [0.1, 0.15) is 5.69 Å². The van der Waals surface area contributed by atoms with Crippen molar-refractivity contribution in [3.8, 4) is 0 Å². The lowest BCUT2D eigenvalue weighted by atomic mass is 10.1. The molecule has 2 heterocycles. The van der Waals surface area contributed by atoms with E-state index in [1.165, 1.54) is 31.4 Å². The van der Waals surface area contributed by atoms with E-state index in [2.05, 4.69) is 26.1 Å². The van der Waals surface area contributed by atoms with Gasteiger partial charge in [-0.25, -0.2) is 4.98 Å². The van der Waals surface area contributed by atoms with Crippen LogP contribution in [-0.4, -0.2) is 65.9 Å². The maximum absolute atomic E-state index is 12.7. The third-order valence-corrected chi connectivity index (χ3v) is 5.26. The first-order valence-corrected chi connectivity index (χ1v) is 9.76. The number of alkyl halides is 1. The summed E-state index contributed by atoms with van der Waals surface area (Å²) >= 11 is 7.81. The Balaban J connectivity index is 2.22. The molecule has 0 bridgehead atoms. The maximum atomic E-state index is 12.7. The predicted octanol–water partition coefficient (Wildman–Crippen LogP) is -0.0513. The molecule has 0 saturated carbocycles. The number of methoxy groups -OCH3 is 1. The number of halogens is 1. The largest absolute Gasteiger partial charge is 0.398 e. The average Bonchev–Trinajstić information content (AvgIpc) is 3.09. The number of aromatic nitrogens is 1. The Bertz CT molecular complexity index is 742. The van der Waals surface area contributed by atoms with Crippen LogP contribution in [0.3, 0.4) is 0 Å². The third kappa shape index (κ3) is 3.92. The van der Waals surface area contributed by atoms with E-state index in [1.807, 2.05) is 0 Å². The summed E-state index contributed by atoms with van der Waals surface area (Å²) in [6.45, 7) is 0. The number of nitrogens with zero attached hydrogens (tertiary/aromatic N) is 2. The van der Waals surface area contributed by atoms with Gasteiger partial charge in [-0.1, -0.05) is 5.16 Å². The number of β-lactam (4-membered cyclic amide) rings is 1. The highest BCUT2D eigenvalue weighted by molar-refractivity contribution is 7.99. The van der Waals surface area contributed by atoms with Crippen molar-refractivity contribution in [1.29, 1.82) is 0 Å². The lowest BCUT2D eigenvalue weighted by Gasteiger charge is -2.46. The second kappa shape index (κ2) is 8.66. The van der Waals surface area contributed by atoms with E-state index in [0.29, 0.717) is 0 Å². The van der Waals surface area contributed by atoms with Crippen LogP contribution >= 0.6 is 34.7 Å². The number of hydrogen-bond acceptors (Lipinski definition) is 9. The number of nitrogens with one attached hydrogen (secondary N) is 3. The minimum absolute atomic E-state index is 0.158. The standard InChI is InChI=1S/C13H16ClN5O5S2/c1-23-13(10(22)17-11(13)25-3)18-9(21)8(19-24-2)6-5-26-12(15-6)16-7(20)4-14/h5,11H,4H2,1-3H3,(H,17,22)(H,18,21)(H,15,16,20)/b19-8-/t11-,13+/m1/s1. The van der Waals surface area contributed by atoms with Gasteiger partial charge in [0.1, 0.15) is 24.1 Å². The molecule has 26 heavy (non-hydrogen) atoms. The molecule has 13 heteroatoms. The summed E-state index contributed by atoms with van der Waals surface area (Å²) in [5.74, 6) is -1.86. The molecule has 2 rings (SSSR count). The zero-order chi connectivity index (χ0) is 19.3. The topological polar surface area (TPSA) is 131 Å². The molecule has 0 spiro atoms. The van der Waals surface area contributed by atoms with Gasteiger partial charge < -0.3 is 25.5 Å². The third-order valence-electron chi connectivity index (χ3n) is 3.34. The Kier molecular flexibility index (Phi) is 6.81. The van der Waals surface area contributed by atoms with E-state index < -0.39 is 28.8 Å². The minimum Gasteiger partial charge on any atom is -0.398 e. The molecular weight excluding hydrogens is 406 g/mol. The molecule has 3 N–H and O–H groups in total. The quantitative estimate of drug-likeness (QED) is 0.176. The predicted molar refractivity (Wildman–Crippen MR) is 98.3 cm³/mol. The van der Waals surface area contributed by atoms with Crippen LogP contribution in [0.2, 0.25) is 0 Å². The number of anilines is 1. The number of carbonyl (C=O) groups excluding carboxylic acids is 3.